The van der Waals surface area contributed by atoms with Crippen molar-refractivity contribution in [1.29, 1.82) is 0 Å². The maximum atomic E-state index is 11.1. The average molecular weight is 404 g/mol. The maximum Gasteiger partial charge on any atom is 0.217 e. The summed E-state index contributed by atoms with van der Waals surface area (Å²) in [5.74, 6) is 1.62. The van der Waals surface area contributed by atoms with Crippen molar-refractivity contribution in [3.05, 3.63) is 41.1 Å². The minimum Gasteiger partial charge on any atom is -0.367 e. The first-order chi connectivity index (χ1) is 12.1. The third kappa shape index (κ3) is 5.42. The van der Waals surface area contributed by atoms with Crippen LogP contribution in [0.25, 0.3) is 0 Å². The molecule has 3 rings (SSSR count). The third-order valence-electron chi connectivity index (χ3n) is 4.25. The Bertz CT molecular complexity index is 731. The van der Waals surface area contributed by atoms with Crippen LogP contribution in [0.4, 0.5) is 17.3 Å². The lowest BCUT2D eigenvalue weighted by atomic mass is 9.91. The molecule has 132 valence electrons. The van der Waals surface area contributed by atoms with E-state index in [1.54, 1.807) is 13.3 Å². The van der Waals surface area contributed by atoms with Gasteiger partial charge in [-0.25, -0.2) is 9.97 Å². The zero-order valence-corrected chi connectivity index (χ0v) is 15.7. The number of carbonyl (C=O) groups is 1. The summed E-state index contributed by atoms with van der Waals surface area (Å²) < 4.78 is 1.01. The van der Waals surface area contributed by atoms with Crippen LogP contribution in [0.3, 0.4) is 0 Å². The van der Waals surface area contributed by atoms with Gasteiger partial charge in [-0.15, -0.1) is 0 Å². The standard InChI is InChI=1S/C18H22BrN5O/c1-12(25)22-14-5-7-15(8-6-14)23-17-10-18(21-11-20-17)24-16-4-2-3-13(19)9-16/h2-4,9-11,14-15H,5-8H2,1H3,(H,22,25)(H2,20,21,23,24). The number of benzene rings is 1. The van der Waals surface area contributed by atoms with Gasteiger partial charge in [-0.2, -0.15) is 0 Å². The molecule has 6 nitrogen and oxygen atoms in total. The number of amides is 1. The normalized spacial score (nSPS) is 19.9. The fraction of sp³-hybridized carbons (Fsp3) is 0.389. The van der Waals surface area contributed by atoms with E-state index in [0.29, 0.717) is 12.1 Å². The topological polar surface area (TPSA) is 78.9 Å². The summed E-state index contributed by atoms with van der Waals surface area (Å²) in [5, 5.41) is 9.76. The lowest BCUT2D eigenvalue weighted by molar-refractivity contribution is -0.119. The van der Waals surface area contributed by atoms with E-state index in [1.807, 2.05) is 30.3 Å². The van der Waals surface area contributed by atoms with Gasteiger partial charge in [0.1, 0.15) is 18.0 Å². The molecule has 0 saturated heterocycles. The molecule has 25 heavy (non-hydrogen) atoms. The lowest BCUT2D eigenvalue weighted by Crippen LogP contribution is -2.39. The number of nitrogens with zero attached hydrogens (tertiary/aromatic N) is 2. The number of hydrogen-bond acceptors (Lipinski definition) is 5. The van der Waals surface area contributed by atoms with E-state index in [2.05, 4.69) is 41.8 Å². The molecule has 0 spiro atoms. The van der Waals surface area contributed by atoms with Crippen molar-refractivity contribution in [2.75, 3.05) is 10.6 Å². The van der Waals surface area contributed by atoms with Gasteiger partial charge in [-0.05, 0) is 43.9 Å². The van der Waals surface area contributed by atoms with Gasteiger partial charge in [0.2, 0.25) is 5.91 Å². The molecule has 1 aliphatic rings. The first-order valence-electron chi connectivity index (χ1n) is 8.47. The molecule has 0 unspecified atom stereocenters. The van der Waals surface area contributed by atoms with Crippen molar-refractivity contribution >= 4 is 39.2 Å². The fourth-order valence-corrected chi connectivity index (χ4v) is 3.50. The zero-order chi connectivity index (χ0) is 17.6. The van der Waals surface area contributed by atoms with E-state index in [4.69, 9.17) is 0 Å². The Labute approximate surface area is 156 Å². The van der Waals surface area contributed by atoms with Gasteiger partial charge in [0.05, 0.1) is 0 Å². The molecule has 1 aromatic carbocycles. The Hall–Kier alpha value is -2.15. The van der Waals surface area contributed by atoms with Gasteiger partial charge in [0, 0.05) is 35.2 Å². The van der Waals surface area contributed by atoms with Crippen LogP contribution in [-0.2, 0) is 4.79 Å². The number of carbonyl (C=O) groups excluding carboxylic acids is 1. The zero-order valence-electron chi connectivity index (χ0n) is 14.1. The van der Waals surface area contributed by atoms with Crippen molar-refractivity contribution in [2.24, 2.45) is 0 Å². The van der Waals surface area contributed by atoms with Crippen molar-refractivity contribution in [1.82, 2.24) is 15.3 Å². The van der Waals surface area contributed by atoms with Gasteiger partial charge < -0.3 is 16.0 Å². The van der Waals surface area contributed by atoms with Crippen LogP contribution < -0.4 is 16.0 Å². The van der Waals surface area contributed by atoms with Crippen LogP contribution in [-0.4, -0.2) is 28.0 Å². The molecule has 1 heterocycles. The highest BCUT2D eigenvalue weighted by molar-refractivity contribution is 9.10. The Morgan fingerprint density at radius 2 is 1.80 bits per heavy atom. The predicted molar refractivity (Wildman–Crippen MR) is 103 cm³/mol. The fourth-order valence-electron chi connectivity index (χ4n) is 3.10. The van der Waals surface area contributed by atoms with Crippen LogP contribution in [0.2, 0.25) is 0 Å². The first-order valence-corrected chi connectivity index (χ1v) is 9.26. The summed E-state index contributed by atoms with van der Waals surface area (Å²) in [4.78, 5) is 19.7. The van der Waals surface area contributed by atoms with Crippen LogP contribution in [0, 0.1) is 0 Å². The summed E-state index contributed by atoms with van der Waals surface area (Å²) in [5.41, 5.74) is 0.967. The number of anilines is 3. The van der Waals surface area contributed by atoms with Crippen LogP contribution >= 0.6 is 15.9 Å². The maximum absolute atomic E-state index is 11.1. The van der Waals surface area contributed by atoms with Gasteiger partial charge >= 0.3 is 0 Å². The number of halogens is 1. The second-order valence-corrected chi connectivity index (χ2v) is 7.23. The van der Waals surface area contributed by atoms with Crippen molar-refractivity contribution in [3.63, 3.8) is 0 Å². The van der Waals surface area contributed by atoms with E-state index in [1.165, 1.54) is 0 Å². The molecular weight excluding hydrogens is 382 g/mol. The first kappa shape index (κ1) is 17.7. The summed E-state index contributed by atoms with van der Waals surface area (Å²) >= 11 is 3.46. The van der Waals surface area contributed by atoms with Gasteiger partial charge in [-0.1, -0.05) is 22.0 Å². The molecule has 1 fully saturated rings. The van der Waals surface area contributed by atoms with Gasteiger partial charge in [0.25, 0.3) is 0 Å². The summed E-state index contributed by atoms with van der Waals surface area (Å²) in [6.07, 6.45) is 5.58. The summed E-state index contributed by atoms with van der Waals surface area (Å²) in [7, 11) is 0. The second-order valence-electron chi connectivity index (χ2n) is 6.32. The Morgan fingerprint density at radius 1 is 1.08 bits per heavy atom. The predicted octanol–water partition coefficient (Wildman–Crippen LogP) is 3.84. The Balaban J connectivity index is 1.56. The quantitative estimate of drug-likeness (QED) is 0.706. The van der Waals surface area contributed by atoms with Crippen LogP contribution in [0.15, 0.2) is 41.1 Å². The molecule has 7 heteroatoms. The highest BCUT2D eigenvalue weighted by Gasteiger charge is 2.21. The third-order valence-corrected chi connectivity index (χ3v) is 4.74. The average Bonchev–Trinajstić information content (AvgIpc) is 2.57. The second kappa shape index (κ2) is 8.29. The molecule has 0 aliphatic heterocycles. The monoisotopic (exact) mass is 403 g/mol. The number of aromatic nitrogens is 2. The van der Waals surface area contributed by atoms with Crippen LogP contribution in [0.1, 0.15) is 32.6 Å². The van der Waals surface area contributed by atoms with Crippen LogP contribution in [0.5, 0.6) is 0 Å². The minimum atomic E-state index is 0.0514. The Morgan fingerprint density at radius 3 is 2.52 bits per heavy atom. The van der Waals surface area contributed by atoms with Crippen molar-refractivity contribution in [2.45, 2.75) is 44.7 Å². The molecule has 1 amide bonds. The largest absolute Gasteiger partial charge is 0.367 e. The van der Waals surface area contributed by atoms with Crippen molar-refractivity contribution < 1.29 is 4.79 Å². The molecule has 1 saturated carbocycles. The molecule has 3 N–H and O–H groups in total. The minimum absolute atomic E-state index is 0.0514. The number of nitrogens with one attached hydrogen (secondary N) is 3. The Kier molecular flexibility index (Phi) is 5.86. The molecule has 0 bridgehead atoms. The number of hydrogen-bond donors (Lipinski definition) is 3. The van der Waals surface area contributed by atoms with E-state index < -0.39 is 0 Å². The SMILES string of the molecule is CC(=O)NC1CCC(Nc2cc(Nc3cccc(Br)c3)ncn2)CC1. The van der Waals surface area contributed by atoms with Crippen molar-refractivity contribution in [3.8, 4) is 0 Å². The van der Waals surface area contributed by atoms with E-state index in [0.717, 1.165) is 47.5 Å². The molecule has 2 aromatic rings. The van der Waals surface area contributed by atoms with E-state index in [-0.39, 0.29) is 5.91 Å². The smallest absolute Gasteiger partial charge is 0.217 e. The summed E-state index contributed by atoms with van der Waals surface area (Å²) in [6.45, 7) is 1.57. The highest BCUT2D eigenvalue weighted by Crippen LogP contribution is 2.23. The molecule has 0 atom stereocenters. The molecule has 1 aromatic heterocycles. The van der Waals surface area contributed by atoms with Gasteiger partial charge in [0.15, 0.2) is 0 Å². The number of rotatable bonds is 5. The van der Waals surface area contributed by atoms with E-state index >= 15 is 0 Å². The highest BCUT2D eigenvalue weighted by atomic mass is 79.9. The van der Waals surface area contributed by atoms with Gasteiger partial charge in [-0.3, -0.25) is 4.79 Å². The van der Waals surface area contributed by atoms with E-state index in [9.17, 15) is 4.79 Å². The molecular formula is C18H22BrN5O. The lowest BCUT2D eigenvalue weighted by Gasteiger charge is -2.29. The molecule has 0 radical (unpaired) electrons. The summed E-state index contributed by atoms with van der Waals surface area (Å²) in [6, 6.07) is 10.5. The molecule has 1 aliphatic carbocycles.